The number of nitrogens with one attached hydrogen (secondary N) is 2. The number of carbonyl (C=O) groups excluding carboxylic acids is 3. The van der Waals surface area contributed by atoms with Crippen molar-refractivity contribution in [1.29, 1.82) is 0 Å². The fraction of sp³-hybridized carbons (Fsp3) is 0.308. The van der Waals surface area contributed by atoms with Crippen LogP contribution in [0.1, 0.15) is 24.2 Å². The smallest absolute Gasteiger partial charge is 0.324 e. The lowest BCUT2D eigenvalue weighted by Crippen LogP contribution is -2.44. The van der Waals surface area contributed by atoms with Crippen LogP contribution in [0.3, 0.4) is 0 Å². The molecule has 0 radical (unpaired) electrons. The molecule has 0 saturated heterocycles. The third-order valence-electron chi connectivity index (χ3n) is 2.33. The molecule has 0 bridgehead atoms. The first-order valence-electron chi connectivity index (χ1n) is 6.02. The van der Waals surface area contributed by atoms with E-state index in [1.54, 1.807) is 26.0 Å². The van der Waals surface area contributed by atoms with Gasteiger partial charge in [-0.15, -0.1) is 0 Å². The Balaban J connectivity index is 2.80. The quantitative estimate of drug-likeness (QED) is 0.336. The molecule has 0 heterocycles. The van der Waals surface area contributed by atoms with E-state index >= 15 is 0 Å². The molecule has 8 heteroatoms. The topological polar surface area (TPSA) is 84.5 Å². The Morgan fingerprint density at radius 3 is 2.24 bits per heavy atom. The van der Waals surface area contributed by atoms with Gasteiger partial charge >= 0.3 is 5.97 Å². The fourth-order valence-corrected chi connectivity index (χ4v) is 1.43. The van der Waals surface area contributed by atoms with Gasteiger partial charge in [-0.05, 0) is 26.0 Å². The van der Waals surface area contributed by atoms with Crippen molar-refractivity contribution in [2.24, 2.45) is 0 Å². The summed E-state index contributed by atoms with van der Waals surface area (Å²) in [6.07, 6.45) is 0. The summed E-state index contributed by atoms with van der Waals surface area (Å²) >= 11 is 6.16. The predicted octanol–water partition coefficient (Wildman–Crippen LogP) is 1.92. The molecule has 0 fully saturated rings. The molecule has 1 rings (SSSR count). The Hall–Kier alpha value is -1.41. The summed E-state index contributed by atoms with van der Waals surface area (Å²) in [6.45, 7) is 3.23. The molecule has 2 atom stereocenters. The highest BCUT2D eigenvalue weighted by Gasteiger charge is 2.18. The maximum atomic E-state index is 12.0. The molecule has 21 heavy (non-hydrogen) atoms. The molecule has 2 amide bonds. The second-order valence-electron chi connectivity index (χ2n) is 4.09. The Morgan fingerprint density at radius 2 is 1.67 bits per heavy atom. The molecule has 0 aliphatic heterocycles. The van der Waals surface area contributed by atoms with Crippen LogP contribution in [0.15, 0.2) is 24.3 Å². The highest BCUT2D eigenvalue weighted by molar-refractivity contribution is 9.10. The molecule has 0 aliphatic carbocycles. The fourth-order valence-electron chi connectivity index (χ4n) is 1.22. The van der Waals surface area contributed by atoms with Crippen molar-refractivity contribution >= 4 is 49.6 Å². The van der Waals surface area contributed by atoms with Crippen LogP contribution in [-0.2, 0) is 9.59 Å². The molecule has 114 valence electrons. The van der Waals surface area contributed by atoms with Crippen molar-refractivity contribution in [3.05, 3.63) is 29.8 Å². The van der Waals surface area contributed by atoms with Crippen molar-refractivity contribution in [3.63, 3.8) is 0 Å². The molecule has 0 spiro atoms. The standard InChI is InChI=1S/C13H14Br2N2O4/c1-7(14)11(18)16-17-12(19)9-5-3-4-6-10(9)21-13(20)8(2)15/h3-8H,1-2H3,(H,16,18)(H,17,19). The van der Waals surface area contributed by atoms with E-state index in [0.29, 0.717) is 0 Å². The maximum Gasteiger partial charge on any atom is 0.324 e. The molecule has 2 unspecified atom stereocenters. The lowest BCUT2D eigenvalue weighted by atomic mass is 10.2. The number of amides is 2. The minimum Gasteiger partial charge on any atom is -0.425 e. The van der Waals surface area contributed by atoms with Gasteiger partial charge in [0, 0.05) is 0 Å². The van der Waals surface area contributed by atoms with Crippen molar-refractivity contribution in [3.8, 4) is 5.75 Å². The van der Waals surface area contributed by atoms with Crippen LogP contribution in [0.5, 0.6) is 5.75 Å². The van der Waals surface area contributed by atoms with Crippen LogP contribution in [-0.4, -0.2) is 27.4 Å². The monoisotopic (exact) mass is 420 g/mol. The van der Waals surface area contributed by atoms with Gasteiger partial charge in [0.15, 0.2) is 0 Å². The van der Waals surface area contributed by atoms with Gasteiger partial charge in [0.2, 0.25) is 0 Å². The molecule has 0 saturated carbocycles. The molecule has 0 aliphatic rings. The third kappa shape index (κ3) is 5.47. The normalized spacial score (nSPS) is 13.0. The van der Waals surface area contributed by atoms with E-state index < -0.39 is 27.4 Å². The van der Waals surface area contributed by atoms with Gasteiger partial charge in [0.05, 0.1) is 10.4 Å². The summed E-state index contributed by atoms with van der Waals surface area (Å²) < 4.78 is 5.11. The summed E-state index contributed by atoms with van der Waals surface area (Å²) in [6, 6.07) is 6.24. The first kappa shape index (κ1) is 17.6. The molecule has 2 N–H and O–H groups in total. The van der Waals surface area contributed by atoms with Gasteiger partial charge in [-0.2, -0.15) is 0 Å². The van der Waals surface area contributed by atoms with Gasteiger partial charge in [-0.25, -0.2) is 0 Å². The van der Waals surface area contributed by atoms with E-state index in [4.69, 9.17) is 4.74 Å². The Labute approximate surface area is 138 Å². The van der Waals surface area contributed by atoms with E-state index in [1.807, 2.05) is 0 Å². The lowest BCUT2D eigenvalue weighted by Gasteiger charge is -2.12. The predicted molar refractivity (Wildman–Crippen MR) is 84.5 cm³/mol. The third-order valence-corrected chi connectivity index (χ3v) is 3.12. The number of carbonyl (C=O) groups is 3. The van der Waals surface area contributed by atoms with Crippen LogP contribution < -0.4 is 15.6 Å². The summed E-state index contributed by atoms with van der Waals surface area (Å²) in [7, 11) is 0. The molecular formula is C13H14Br2N2O4. The van der Waals surface area contributed by atoms with E-state index in [1.165, 1.54) is 12.1 Å². The second-order valence-corrected chi connectivity index (χ2v) is 6.84. The van der Waals surface area contributed by atoms with E-state index in [2.05, 4.69) is 42.7 Å². The highest BCUT2D eigenvalue weighted by atomic mass is 79.9. The van der Waals surface area contributed by atoms with E-state index in [9.17, 15) is 14.4 Å². The highest BCUT2D eigenvalue weighted by Crippen LogP contribution is 2.19. The molecule has 6 nitrogen and oxygen atoms in total. The SMILES string of the molecule is CC(Br)C(=O)NNC(=O)c1ccccc1OC(=O)C(C)Br. The van der Waals surface area contributed by atoms with E-state index in [0.717, 1.165) is 0 Å². The Morgan fingerprint density at radius 1 is 1.05 bits per heavy atom. The van der Waals surface area contributed by atoms with Crippen molar-refractivity contribution in [2.45, 2.75) is 23.5 Å². The minimum atomic E-state index is -0.581. The van der Waals surface area contributed by atoms with Crippen LogP contribution in [0.4, 0.5) is 0 Å². The second kappa shape index (κ2) is 8.14. The number of esters is 1. The Bertz CT molecular complexity index is 547. The van der Waals surface area contributed by atoms with Gasteiger partial charge < -0.3 is 4.74 Å². The van der Waals surface area contributed by atoms with Gasteiger partial charge in [0.1, 0.15) is 10.6 Å². The number of hydrogen-bond donors (Lipinski definition) is 2. The molecule has 0 aromatic heterocycles. The van der Waals surface area contributed by atoms with E-state index in [-0.39, 0.29) is 11.3 Å². The largest absolute Gasteiger partial charge is 0.425 e. The summed E-state index contributed by atoms with van der Waals surface area (Å²) in [4.78, 5) is 34.0. The number of halogens is 2. The van der Waals surface area contributed by atoms with Gasteiger partial charge in [-0.1, -0.05) is 44.0 Å². The van der Waals surface area contributed by atoms with Crippen molar-refractivity contribution in [1.82, 2.24) is 10.9 Å². The maximum absolute atomic E-state index is 12.0. The van der Waals surface area contributed by atoms with Crippen LogP contribution >= 0.6 is 31.9 Å². The zero-order chi connectivity index (χ0) is 16.0. The lowest BCUT2D eigenvalue weighted by molar-refractivity contribution is -0.133. The summed E-state index contributed by atoms with van der Waals surface area (Å²) in [5, 5.41) is 0. The number of benzene rings is 1. The molecule has 1 aromatic carbocycles. The molecular weight excluding hydrogens is 408 g/mol. The van der Waals surface area contributed by atoms with Crippen molar-refractivity contribution in [2.75, 3.05) is 0 Å². The summed E-state index contributed by atoms with van der Waals surface area (Å²) in [5.41, 5.74) is 4.64. The minimum absolute atomic E-state index is 0.118. The number of ether oxygens (including phenoxy) is 1. The van der Waals surface area contributed by atoms with Crippen LogP contribution in [0, 0.1) is 0 Å². The van der Waals surface area contributed by atoms with Crippen LogP contribution in [0.25, 0.3) is 0 Å². The van der Waals surface area contributed by atoms with Gasteiger partial charge in [-0.3, -0.25) is 25.2 Å². The first-order chi connectivity index (χ1) is 9.82. The summed E-state index contributed by atoms with van der Waals surface area (Å²) in [5.74, 6) is -1.38. The average Bonchev–Trinajstić information content (AvgIpc) is 2.44. The van der Waals surface area contributed by atoms with Gasteiger partial charge in [0.25, 0.3) is 11.8 Å². The number of alkyl halides is 2. The number of hydrazine groups is 1. The first-order valence-corrected chi connectivity index (χ1v) is 7.85. The zero-order valence-electron chi connectivity index (χ0n) is 11.4. The number of para-hydroxylation sites is 1. The number of rotatable bonds is 4. The zero-order valence-corrected chi connectivity index (χ0v) is 14.5. The Kier molecular flexibility index (Phi) is 6.83. The average molecular weight is 422 g/mol. The van der Waals surface area contributed by atoms with Crippen molar-refractivity contribution < 1.29 is 19.1 Å². The van der Waals surface area contributed by atoms with Crippen LogP contribution in [0.2, 0.25) is 0 Å². The number of hydrogen-bond acceptors (Lipinski definition) is 4. The molecule has 1 aromatic rings.